The number of hydrogen-bond acceptors (Lipinski definition) is 3. The van der Waals surface area contributed by atoms with Crippen LogP contribution in [0, 0.1) is 5.92 Å². The lowest BCUT2D eigenvalue weighted by Crippen LogP contribution is -2.20. The van der Waals surface area contributed by atoms with E-state index in [2.05, 4.69) is 5.32 Å². The van der Waals surface area contributed by atoms with Gasteiger partial charge in [0.15, 0.2) is 0 Å². The molecule has 0 radical (unpaired) electrons. The van der Waals surface area contributed by atoms with Gasteiger partial charge < -0.3 is 10.4 Å². The van der Waals surface area contributed by atoms with Crippen LogP contribution in [-0.4, -0.2) is 17.0 Å². The van der Waals surface area contributed by atoms with Crippen molar-refractivity contribution >= 4 is 28.2 Å². The fraction of sp³-hybridized carbons (Fsp3) is 0.455. The first-order valence-electron chi connectivity index (χ1n) is 5.18. The summed E-state index contributed by atoms with van der Waals surface area (Å²) in [6.07, 6.45) is 1.74. The number of anilines is 1. The van der Waals surface area contributed by atoms with Crippen LogP contribution in [0.4, 0.5) is 5.00 Å². The number of amides is 1. The minimum Gasteiger partial charge on any atom is -0.478 e. The van der Waals surface area contributed by atoms with Crippen molar-refractivity contribution in [2.75, 3.05) is 5.32 Å². The number of rotatable bonds is 5. The van der Waals surface area contributed by atoms with E-state index in [9.17, 15) is 9.59 Å². The van der Waals surface area contributed by atoms with Gasteiger partial charge in [0.05, 0.1) is 5.56 Å². The second kappa shape index (κ2) is 5.65. The normalized spacial score (nSPS) is 12.1. The quantitative estimate of drug-likeness (QED) is 0.833. The molecule has 16 heavy (non-hydrogen) atoms. The molecule has 1 aromatic rings. The molecule has 1 rings (SSSR count). The fourth-order valence-electron chi connectivity index (χ4n) is 1.37. The molecule has 0 aliphatic rings. The van der Waals surface area contributed by atoms with Crippen LogP contribution >= 0.6 is 11.3 Å². The number of carboxylic acid groups (broad SMARTS) is 1. The van der Waals surface area contributed by atoms with Gasteiger partial charge in [0, 0.05) is 5.92 Å². The van der Waals surface area contributed by atoms with Gasteiger partial charge >= 0.3 is 5.97 Å². The Balaban J connectivity index is 2.69. The van der Waals surface area contributed by atoms with Gasteiger partial charge in [-0.15, -0.1) is 11.3 Å². The van der Waals surface area contributed by atoms with Crippen LogP contribution in [0.3, 0.4) is 0 Å². The average Bonchev–Trinajstić information content (AvgIpc) is 2.66. The number of carbonyl (C=O) groups excluding carboxylic acids is 1. The Hall–Kier alpha value is -1.36. The molecule has 1 atom stereocenters. The number of hydrogen-bond donors (Lipinski definition) is 2. The van der Waals surface area contributed by atoms with Gasteiger partial charge in [-0.05, 0) is 17.9 Å². The molecule has 0 saturated carbocycles. The molecular weight excluding hydrogens is 226 g/mol. The standard InChI is InChI=1S/C11H15NO3S/c1-3-4-7(2)9(13)12-10-8(11(14)15)5-6-16-10/h5-7H,3-4H2,1-2H3,(H,12,13)(H,14,15). The molecule has 1 amide bonds. The molecule has 4 nitrogen and oxygen atoms in total. The minimum absolute atomic E-state index is 0.0891. The third-order valence-electron chi connectivity index (χ3n) is 2.30. The van der Waals surface area contributed by atoms with E-state index >= 15 is 0 Å². The Morgan fingerprint density at radius 3 is 2.81 bits per heavy atom. The number of thiophene rings is 1. The maximum atomic E-state index is 11.7. The van der Waals surface area contributed by atoms with Crippen molar-refractivity contribution in [1.82, 2.24) is 0 Å². The third-order valence-corrected chi connectivity index (χ3v) is 3.13. The zero-order valence-corrected chi connectivity index (χ0v) is 10.1. The summed E-state index contributed by atoms with van der Waals surface area (Å²) in [6, 6.07) is 1.49. The summed E-state index contributed by atoms with van der Waals surface area (Å²) in [5.74, 6) is -1.22. The summed E-state index contributed by atoms with van der Waals surface area (Å²) >= 11 is 1.23. The molecule has 1 aromatic heterocycles. The molecule has 5 heteroatoms. The molecule has 0 aromatic carbocycles. The zero-order valence-electron chi connectivity index (χ0n) is 9.32. The Labute approximate surface area is 98.3 Å². The summed E-state index contributed by atoms with van der Waals surface area (Å²) in [7, 11) is 0. The lowest BCUT2D eigenvalue weighted by atomic mass is 10.1. The topological polar surface area (TPSA) is 66.4 Å². The summed E-state index contributed by atoms with van der Waals surface area (Å²) in [4.78, 5) is 22.5. The SMILES string of the molecule is CCCC(C)C(=O)Nc1sccc1C(=O)O. The Bertz CT molecular complexity index is 386. The fourth-order valence-corrected chi connectivity index (χ4v) is 2.16. The van der Waals surface area contributed by atoms with E-state index in [0.29, 0.717) is 5.00 Å². The smallest absolute Gasteiger partial charge is 0.338 e. The second-order valence-electron chi connectivity index (χ2n) is 3.65. The molecule has 0 fully saturated rings. The van der Waals surface area contributed by atoms with E-state index < -0.39 is 5.97 Å². The van der Waals surface area contributed by atoms with E-state index in [-0.39, 0.29) is 17.4 Å². The van der Waals surface area contributed by atoms with Gasteiger partial charge in [-0.3, -0.25) is 4.79 Å². The van der Waals surface area contributed by atoms with Crippen LogP contribution in [0.5, 0.6) is 0 Å². The highest BCUT2D eigenvalue weighted by atomic mass is 32.1. The van der Waals surface area contributed by atoms with Crippen molar-refractivity contribution in [2.24, 2.45) is 5.92 Å². The highest BCUT2D eigenvalue weighted by molar-refractivity contribution is 7.14. The van der Waals surface area contributed by atoms with Gasteiger partial charge in [0.2, 0.25) is 5.91 Å². The first kappa shape index (κ1) is 12.7. The van der Waals surface area contributed by atoms with Crippen molar-refractivity contribution in [3.8, 4) is 0 Å². The molecule has 1 heterocycles. The molecule has 88 valence electrons. The Kier molecular flexibility index (Phi) is 4.49. The zero-order chi connectivity index (χ0) is 12.1. The monoisotopic (exact) mass is 241 g/mol. The third kappa shape index (κ3) is 3.06. The number of nitrogens with one attached hydrogen (secondary N) is 1. The predicted molar refractivity (Wildman–Crippen MR) is 64.0 cm³/mol. The molecule has 0 bridgehead atoms. The van der Waals surface area contributed by atoms with Crippen LogP contribution < -0.4 is 5.32 Å². The van der Waals surface area contributed by atoms with E-state index in [1.165, 1.54) is 17.4 Å². The lowest BCUT2D eigenvalue weighted by Gasteiger charge is -2.10. The van der Waals surface area contributed by atoms with Gasteiger partial charge in [-0.2, -0.15) is 0 Å². The van der Waals surface area contributed by atoms with Gasteiger partial charge in [-0.25, -0.2) is 4.79 Å². The largest absolute Gasteiger partial charge is 0.478 e. The number of aromatic carboxylic acids is 1. The molecular formula is C11H15NO3S. The Morgan fingerprint density at radius 2 is 2.25 bits per heavy atom. The molecule has 0 aliphatic carbocycles. The maximum absolute atomic E-state index is 11.7. The van der Waals surface area contributed by atoms with Crippen molar-refractivity contribution < 1.29 is 14.7 Å². The van der Waals surface area contributed by atoms with Crippen molar-refractivity contribution in [1.29, 1.82) is 0 Å². The second-order valence-corrected chi connectivity index (χ2v) is 4.56. The van der Waals surface area contributed by atoms with Crippen molar-refractivity contribution in [3.05, 3.63) is 17.0 Å². The molecule has 0 aliphatic heterocycles. The van der Waals surface area contributed by atoms with Crippen LogP contribution in [0.1, 0.15) is 37.0 Å². The summed E-state index contributed by atoms with van der Waals surface area (Å²) in [6.45, 7) is 3.85. The predicted octanol–water partition coefficient (Wildman–Crippen LogP) is 2.82. The number of carbonyl (C=O) groups is 2. The van der Waals surface area contributed by atoms with E-state index in [1.807, 2.05) is 13.8 Å². The van der Waals surface area contributed by atoms with E-state index in [0.717, 1.165) is 12.8 Å². The highest BCUT2D eigenvalue weighted by Gasteiger charge is 2.17. The first-order valence-corrected chi connectivity index (χ1v) is 6.05. The summed E-state index contributed by atoms with van der Waals surface area (Å²) < 4.78 is 0. The average molecular weight is 241 g/mol. The Morgan fingerprint density at radius 1 is 1.56 bits per heavy atom. The van der Waals surface area contributed by atoms with Crippen LogP contribution in [-0.2, 0) is 4.79 Å². The number of carboxylic acids is 1. The van der Waals surface area contributed by atoms with Gasteiger partial charge in [-0.1, -0.05) is 20.3 Å². The van der Waals surface area contributed by atoms with Crippen molar-refractivity contribution in [3.63, 3.8) is 0 Å². The van der Waals surface area contributed by atoms with Gasteiger partial charge in [0.25, 0.3) is 0 Å². The molecule has 0 saturated heterocycles. The van der Waals surface area contributed by atoms with Crippen LogP contribution in [0.2, 0.25) is 0 Å². The molecule has 0 spiro atoms. The molecule has 2 N–H and O–H groups in total. The summed E-state index contributed by atoms with van der Waals surface area (Å²) in [5.41, 5.74) is 0.155. The highest BCUT2D eigenvalue weighted by Crippen LogP contribution is 2.24. The molecule has 1 unspecified atom stereocenters. The van der Waals surface area contributed by atoms with Crippen LogP contribution in [0.25, 0.3) is 0 Å². The lowest BCUT2D eigenvalue weighted by molar-refractivity contribution is -0.119. The minimum atomic E-state index is -1.01. The van der Waals surface area contributed by atoms with E-state index in [1.54, 1.807) is 5.38 Å². The van der Waals surface area contributed by atoms with Crippen LogP contribution in [0.15, 0.2) is 11.4 Å². The summed E-state index contributed by atoms with van der Waals surface area (Å²) in [5, 5.41) is 13.6. The van der Waals surface area contributed by atoms with Crippen molar-refractivity contribution in [2.45, 2.75) is 26.7 Å². The maximum Gasteiger partial charge on any atom is 0.338 e. The van der Waals surface area contributed by atoms with E-state index in [4.69, 9.17) is 5.11 Å². The first-order chi connectivity index (χ1) is 7.56. The van der Waals surface area contributed by atoms with Gasteiger partial charge in [0.1, 0.15) is 5.00 Å².